The summed E-state index contributed by atoms with van der Waals surface area (Å²) in [7, 11) is 1.52. The second-order valence-electron chi connectivity index (χ2n) is 6.45. The maximum atomic E-state index is 14.5. The van der Waals surface area contributed by atoms with E-state index in [4.69, 9.17) is 9.47 Å². The molecule has 2 N–H and O–H groups in total. The molecule has 0 radical (unpaired) electrons. The number of aromatic nitrogens is 5. The molecule has 1 aliphatic rings. The number of ether oxygens (including phenoxy) is 2. The highest BCUT2D eigenvalue weighted by Gasteiger charge is 2.25. The van der Waals surface area contributed by atoms with E-state index in [0.717, 1.165) is 0 Å². The largest absolute Gasteiger partial charge is 0.491 e. The maximum Gasteiger partial charge on any atom is 0.282 e. The Labute approximate surface area is 163 Å². The number of hydrogen-bond donors (Lipinski definition) is 2. The zero-order valence-corrected chi connectivity index (χ0v) is 15.6. The van der Waals surface area contributed by atoms with E-state index in [1.54, 1.807) is 4.90 Å². The quantitative estimate of drug-likeness (QED) is 0.574. The molecule has 1 aromatic carbocycles. The minimum Gasteiger partial charge on any atom is -0.491 e. The molecular weight excluding hydrogens is 388 g/mol. The molecule has 4 rings (SSSR count). The van der Waals surface area contributed by atoms with E-state index in [0.29, 0.717) is 38.7 Å². The summed E-state index contributed by atoms with van der Waals surface area (Å²) in [4.78, 5) is 22.4. The van der Waals surface area contributed by atoms with E-state index in [9.17, 15) is 13.6 Å². The van der Waals surface area contributed by atoms with Gasteiger partial charge >= 0.3 is 0 Å². The van der Waals surface area contributed by atoms with Gasteiger partial charge in [-0.2, -0.15) is 4.98 Å². The van der Waals surface area contributed by atoms with Crippen LogP contribution in [0.25, 0.3) is 11.2 Å². The minimum absolute atomic E-state index is 0.0987. The lowest BCUT2D eigenvalue weighted by atomic mass is 10.2. The molecule has 3 heterocycles. The number of methoxy groups -OCH3 is 1. The van der Waals surface area contributed by atoms with Crippen LogP contribution in [0.2, 0.25) is 0 Å². The van der Waals surface area contributed by atoms with Crippen LogP contribution in [0.3, 0.4) is 0 Å². The van der Waals surface area contributed by atoms with Gasteiger partial charge in [-0.1, -0.05) is 5.21 Å². The molecule has 0 saturated carbocycles. The van der Waals surface area contributed by atoms with Crippen LogP contribution in [0.1, 0.15) is 0 Å². The van der Waals surface area contributed by atoms with Crippen LogP contribution in [0, 0.1) is 11.6 Å². The fourth-order valence-corrected chi connectivity index (χ4v) is 3.21. The van der Waals surface area contributed by atoms with Crippen molar-refractivity contribution in [2.45, 2.75) is 0 Å². The van der Waals surface area contributed by atoms with Crippen LogP contribution in [0.4, 0.5) is 20.4 Å². The Hall–Kier alpha value is -3.28. The van der Waals surface area contributed by atoms with Crippen LogP contribution < -0.4 is 20.1 Å². The summed E-state index contributed by atoms with van der Waals surface area (Å²) >= 11 is 0. The molecular formula is C17H19F2N7O3. The number of halogens is 2. The van der Waals surface area contributed by atoms with Crippen molar-refractivity contribution in [3.05, 3.63) is 34.1 Å². The third kappa shape index (κ3) is 3.83. The fourth-order valence-electron chi connectivity index (χ4n) is 3.21. The van der Waals surface area contributed by atoms with Gasteiger partial charge < -0.3 is 19.3 Å². The average molecular weight is 407 g/mol. The van der Waals surface area contributed by atoms with Crippen molar-refractivity contribution < 1.29 is 18.3 Å². The average Bonchev–Trinajstić information content (AvgIpc) is 3.18. The second kappa shape index (κ2) is 7.99. The first kappa shape index (κ1) is 19.1. The number of anilines is 2. The van der Waals surface area contributed by atoms with Crippen LogP contribution in [-0.4, -0.2) is 71.9 Å². The Kier molecular flexibility index (Phi) is 5.25. The van der Waals surface area contributed by atoms with Gasteiger partial charge in [0, 0.05) is 45.4 Å². The maximum absolute atomic E-state index is 14.5. The highest BCUT2D eigenvalue weighted by Crippen LogP contribution is 2.29. The van der Waals surface area contributed by atoms with Gasteiger partial charge in [-0.25, -0.2) is 13.9 Å². The van der Waals surface area contributed by atoms with Gasteiger partial charge in [0.05, 0.1) is 6.61 Å². The summed E-state index contributed by atoms with van der Waals surface area (Å²) in [5, 5.41) is 9.80. The lowest BCUT2D eigenvalue weighted by molar-refractivity contribution is 0.146. The standard InChI is InChI=1S/C17H19F2N7O3/c1-28-6-7-29-10-8-11(18)14(12(19)9-10)25-2-4-26(5-3-25)17-20-15-13(16(27)21-17)22-24-23-15/h8-9H,2-7H2,1H3,(H2,20,21,22,23,24,27). The number of piperazine rings is 1. The number of fused-ring (bicyclic) bond motifs is 1. The van der Waals surface area contributed by atoms with Crippen molar-refractivity contribution in [3.63, 3.8) is 0 Å². The van der Waals surface area contributed by atoms with E-state index in [2.05, 4.69) is 25.4 Å². The Morgan fingerprint density at radius 2 is 1.79 bits per heavy atom. The number of aromatic amines is 2. The highest BCUT2D eigenvalue weighted by molar-refractivity contribution is 5.68. The molecule has 3 aromatic rings. The predicted octanol–water partition coefficient (Wildman–Crippen LogP) is 0.671. The first-order chi connectivity index (χ1) is 14.1. The van der Waals surface area contributed by atoms with Crippen molar-refractivity contribution >= 4 is 22.8 Å². The molecule has 1 aliphatic heterocycles. The SMILES string of the molecule is COCCOc1cc(F)c(N2CCN(c3nc4[nH]nnc4c(=O)[nH]3)CC2)c(F)c1. The van der Waals surface area contributed by atoms with E-state index in [-0.39, 0.29) is 29.2 Å². The van der Waals surface area contributed by atoms with Gasteiger partial charge in [-0.15, -0.1) is 5.10 Å². The van der Waals surface area contributed by atoms with Gasteiger partial charge in [0.15, 0.2) is 22.8 Å². The molecule has 0 aliphatic carbocycles. The second-order valence-corrected chi connectivity index (χ2v) is 6.45. The Morgan fingerprint density at radius 1 is 1.10 bits per heavy atom. The first-order valence-corrected chi connectivity index (χ1v) is 8.98. The fraction of sp³-hybridized carbons (Fsp3) is 0.412. The number of hydrogen-bond acceptors (Lipinski definition) is 8. The highest BCUT2D eigenvalue weighted by atomic mass is 19.1. The van der Waals surface area contributed by atoms with Crippen molar-refractivity contribution in [1.29, 1.82) is 0 Å². The van der Waals surface area contributed by atoms with Crippen molar-refractivity contribution in [3.8, 4) is 5.75 Å². The third-order valence-corrected chi connectivity index (χ3v) is 4.63. The normalized spacial score (nSPS) is 14.6. The smallest absolute Gasteiger partial charge is 0.282 e. The predicted molar refractivity (Wildman–Crippen MR) is 100 cm³/mol. The third-order valence-electron chi connectivity index (χ3n) is 4.63. The van der Waals surface area contributed by atoms with Gasteiger partial charge in [0.1, 0.15) is 18.0 Å². The van der Waals surface area contributed by atoms with E-state index < -0.39 is 17.2 Å². The summed E-state index contributed by atoms with van der Waals surface area (Å²) < 4.78 is 39.2. The summed E-state index contributed by atoms with van der Waals surface area (Å²) in [6, 6.07) is 2.33. The number of nitrogens with zero attached hydrogens (tertiary/aromatic N) is 5. The lowest BCUT2D eigenvalue weighted by Gasteiger charge is -2.36. The molecule has 1 saturated heterocycles. The summed E-state index contributed by atoms with van der Waals surface area (Å²) in [6.45, 7) is 2.06. The molecule has 0 amide bonds. The topological polar surface area (TPSA) is 112 Å². The molecule has 0 atom stereocenters. The summed E-state index contributed by atoms with van der Waals surface area (Å²) in [5.74, 6) is -0.913. The van der Waals surface area contributed by atoms with Crippen molar-refractivity contribution in [1.82, 2.24) is 25.4 Å². The van der Waals surface area contributed by atoms with Gasteiger partial charge in [0.2, 0.25) is 5.95 Å². The van der Waals surface area contributed by atoms with Crippen LogP contribution in [0.15, 0.2) is 16.9 Å². The molecule has 1 fully saturated rings. The summed E-state index contributed by atoms with van der Waals surface area (Å²) in [6.07, 6.45) is 0. The molecule has 12 heteroatoms. The molecule has 0 bridgehead atoms. The van der Waals surface area contributed by atoms with Gasteiger partial charge in [-0.3, -0.25) is 9.78 Å². The Morgan fingerprint density at radius 3 is 2.48 bits per heavy atom. The molecule has 0 spiro atoms. The monoisotopic (exact) mass is 407 g/mol. The van der Waals surface area contributed by atoms with E-state index >= 15 is 0 Å². The first-order valence-electron chi connectivity index (χ1n) is 8.98. The number of nitrogens with one attached hydrogen (secondary N) is 2. The van der Waals surface area contributed by atoms with Gasteiger partial charge in [-0.05, 0) is 0 Å². The summed E-state index contributed by atoms with van der Waals surface area (Å²) in [5.41, 5.74) is -0.0857. The van der Waals surface area contributed by atoms with Crippen LogP contribution >= 0.6 is 0 Å². The number of rotatable bonds is 6. The van der Waals surface area contributed by atoms with E-state index in [1.165, 1.54) is 19.2 Å². The number of H-pyrrole nitrogens is 2. The Bertz CT molecular complexity index is 1040. The Balaban J connectivity index is 1.47. The van der Waals surface area contributed by atoms with Crippen molar-refractivity contribution in [2.24, 2.45) is 0 Å². The zero-order chi connectivity index (χ0) is 20.4. The number of benzene rings is 1. The molecule has 0 unspecified atom stereocenters. The van der Waals surface area contributed by atoms with E-state index in [1.807, 2.05) is 4.90 Å². The van der Waals surface area contributed by atoms with Gasteiger partial charge in [0.25, 0.3) is 5.56 Å². The van der Waals surface area contributed by atoms with Crippen molar-refractivity contribution in [2.75, 3.05) is 56.3 Å². The zero-order valence-electron chi connectivity index (χ0n) is 15.6. The van der Waals surface area contributed by atoms with Crippen LogP contribution in [-0.2, 0) is 4.74 Å². The lowest BCUT2D eigenvalue weighted by Crippen LogP contribution is -2.48. The molecule has 154 valence electrons. The molecule has 2 aromatic heterocycles. The molecule has 29 heavy (non-hydrogen) atoms. The minimum atomic E-state index is -0.692. The van der Waals surface area contributed by atoms with Crippen LogP contribution in [0.5, 0.6) is 5.75 Å². The molecule has 10 nitrogen and oxygen atoms in total.